The van der Waals surface area contributed by atoms with Gasteiger partial charge in [0, 0.05) is 18.8 Å². The normalized spacial score (nSPS) is 23.7. The number of hydrogen-bond acceptors (Lipinski definition) is 6. The summed E-state index contributed by atoms with van der Waals surface area (Å²) < 4.78 is 40.8. The molecule has 136 valence electrons. The van der Waals surface area contributed by atoms with Crippen molar-refractivity contribution in [1.82, 2.24) is 29.9 Å². The van der Waals surface area contributed by atoms with Crippen LogP contribution < -0.4 is 5.32 Å². The molecule has 1 saturated heterocycles. The maximum Gasteiger partial charge on any atom is 0.282 e. The molecule has 4 rings (SSSR count). The van der Waals surface area contributed by atoms with Crippen molar-refractivity contribution in [2.45, 2.75) is 24.6 Å². The molecule has 0 radical (unpaired) electrons. The van der Waals surface area contributed by atoms with Gasteiger partial charge in [-0.15, -0.1) is 0 Å². The third-order valence-electron chi connectivity index (χ3n) is 4.27. The maximum absolute atomic E-state index is 13.5. The van der Waals surface area contributed by atoms with Gasteiger partial charge < -0.3 is 9.87 Å². The van der Waals surface area contributed by atoms with E-state index >= 15 is 0 Å². The van der Waals surface area contributed by atoms with Crippen molar-refractivity contribution in [3.63, 3.8) is 0 Å². The highest BCUT2D eigenvalue weighted by Gasteiger charge is 2.33. The van der Waals surface area contributed by atoms with Gasteiger partial charge in [-0.2, -0.15) is 5.10 Å². The van der Waals surface area contributed by atoms with E-state index in [1.165, 1.54) is 17.0 Å². The Hall–Kier alpha value is -2.17. The van der Waals surface area contributed by atoms with E-state index in [9.17, 15) is 13.3 Å². The summed E-state index contributed by atoms with van der Waals surface area (Å²) in [6.07, 6.45) is 0.0329. The lowest BCUT2D eigenvalue weighted by molar-refractivity contribution is 0.147. The lowest BCUT2D eigenvalue weighted by Gasteiger charge is -2.30. The summed E-state index contributed by atoms with van der Waals surface area (Å²) in [4.78, 5) is 12.3. The van der Waals surface area contributed by atoms with Crippen molar-refractivity contribution >= 4 is 16.8 Å². The van der Waals surface area contributed by atoms with Crippen LogP contribution in [0.3, 0.4) is 0 Å². The number of imidazole rings is 1. The molecule has 3 atom stereocenters. The van der Waals surface area contributed by atoms with Crippen molar-refractivity contribution in [3.8, 4) is 11.4 Å². The Morgan fingerprint density at radius 2 is 2.23 bits per heavy atom. The summed E-state index contributed by atoms with van der Waals surface area (Å²) in [6, 6.07) is 5.00. The molecule has 1 aliphatic rings. The zero-order chi connectivity index (χ0) is 18.3. The Balaban J connectivity index is 1.80. The molecule has 4 heterocycles. The molecule has 1 fully saturated rings. The zero-order valence-corrected chi connectivity index (χ0v) is 14.7. The third-order valence-corrected chi connectivity index (χ3v) is 6.14. The largest absolute Gasteiger partial charge is 0.616 e. The molecule has 0 amide bonds. The molecule has 0 aliphatic carbocycles. The van der Waals surface area contributed by atoms with E-state index in [0.717, 1.165) is 0 Å². The topological polar surface area (TPSA) is 91.1 Å². The quantitative estimate of drug-likeness (QED) is 0.700. The van der Waals surface area contributed by atoms with Gasteiger partial charge in [0.15, 0.2) is 10.9 Å². The lowest BCUT2D eigenvalue weighted by Crippen LogP contribution is -2.45. The highest BCUT2D eigenvalue weighted by molar-refractivity contribution is 7.91. The van der Waals surface area contributed by atoms with Gasteiger partial charge in [0.05, 0.1) is 11.4 Å². The van der Waals surface area contributed by atoms with Gasteiger partial charge in [0.2, 0.25) is 0 Å². The molecule has 0 saturated carbocycles. The van der Waals surface area contributed by atoms with E-state index in [1.807, 2.05) is 6.92 Å². The zero-order valence-electron chi connectivity index (χ0n) is 13.8. The SMILES string of the molecule is CC1C[S+]([O-])C(c2cc(-c3c(C(F)F)nc4cccnn34)ncn2)CN1. The van der Waals surface area contributed by atoms with Gasteiger partial charge in [0.1, 0.15) is 23.5 Å². The monoisotopic (exact) mass is 378 g/mol. The van der Waals surface area contributed by atoms with E-state index in [1.54, 1.807) is 18.2 Å². The van der Waals surface area contributed by atoms with Crippen LogP contribution in [0.4, 0.5) is 8.78 Å². The molecule has 1 N–H and O–H groups in total. The first-order valence-electron chi connectivity index (χ1n) is 8.09. The van der Waals surface area contributed by atoms with Gasteiger partial charge in [-0.3, -0.25) is 0 Å². The standard InChI is InChI=1S/C16H16F2N6OS/c1-9-7-26(25)12(6-19-9)10-5-11(21-8-20-10)15-14(16(17)18)23-13-3-2-4-22-24(13)15/h2-5,8-9,12,16,19H,6-7H2,1H3. The van der Waals surface area contributed by atoms with E-state index in [-0.39, 0.29) is 28.4 Å². The smallest absolute Gasteiger partial charge is 0.282 e. The molecule has 3 aromatic heterocycles. The number of nitrogens with zero attached hydrogens (tertiary/aromatic N) is 5. The molecule has 26 heavy (non-hydrogen) atoms. The number of nitrogens with one attached hydrogen (secondary N) is 1. The van der Waals surface area contributed by atoms with Crippen LogP contribution in [0.2, 0.25) is 0 Å². The molecule has 10 heteroatoms. The fraction of sp³-hybridized carbons (Fsp3) is 0.375. The van der Waals surface area contributed by atoms with Crippen molar-refractivity contribution < 1.29 is 13.3 Å². The number of aromatic nitrogens is 5. The minimum absolute atomic E-state index is 0.127. The van der Waals surface area contributed by atoms with E-state index < -0.39 is 17.6 Å². The summed E-state index contributed by atoms with van der Waals surface area (Å²) in [7, 11) is 0. The Kier molecular flexibility index (Phi) is 4.55. The van der Waals surface area contributed by atoms with Crippen molar-refractivity contribution in [3.05, 3.63) is 42.1 Å². The van der Waals surface area contributed by atoms with Gasteiger partial charge in [-0.05, 0) is 36.3 Å². The molecule has 3 aromatic rings. The average molecular weight is 378 g/mol. The predicted octanol–water partition coefficient (Wildman–Crippen LogP) is 1.91. The maximum atomic E-state index is 13.5. The van der Waals surface area contributed by atoms with Crippen LogP contribution >= 0.6 is 0 Å². The second-order valence-corrected chi connectivity index (χ2v) is 7.78. The third kappa shape index (κ3) is 3.04. The molecular formula is C16H16F2N6OS. The number of halogens is 2. The highest BCUT2D eigenvalue weighted by atomic mass is 32.2. The van der Waals surface area contributed by atoms with Crippen molar-refractivity contribution in [2.75, 3.05) is 12.3 Å². The van der Waals surface area contributed by atoms with E-state index in [0.29, 0.717) is 23.6 Å². The van der Waals surface area contributed by atoms with Gasteiger partial charge in [-0.25, -0.2) is 28.2 Å². The molecule has 0 spiro atoms. The summed E-state index contributed by atoms with van der Waals surface area (Å²) in [5.74, 6) is 0.517. The average Bonchev–Trinajstić information content (AvgIpc) is 3.02. The first kappa shape index (κ1) is 17.3. The van der Waals surface area contributed by atoms with Crippen LogP contribution in [0.1, 0.15) is 30.0 Å². The number of rotatable bonds is 3. The Bertz CT molecular complexity index is 936. The van der Waals surface area contributed by atoms with Crippen molar-refractivity contribution in [1.29, 1.82) is 0 Å². The number of hydrogen-bond donors (Lipinski definition) is 1. The van der Waals surface area contributed by atoms with Gasteiger partial charge in [0.25, 0.3) is 6.43 Å². The fourth-order valence-corrected chi connectivity index (χ4v) is 4.56. The van der Waals surface area contributed by atoms with E-state index in [4.69, 9.17) is 0 Å². The Morgan fingerprint density at radius 3 is 3.00 bits per heavy atom. The second kappa shape index (κ2) is 6.86. The highest BCUT2D eigenvalue weighted by Crippen LogP contribution is 2.32. The van der Waals surface area contributed by atoms with Crippen molar-refractivity contribution in [2.24, 2.45) is 0 Å². The summed E-state index contributed by atoms with van der Waals surface area (Å²) in [6.45, 7) is 2.48. The lowest BCUT2D eigenvalue weighted by atomic mass is 10.2. The minimum Gasteiger partial charge on any atom is -0.616 e. The summed E-state index contributed by atoms with van der Waals surface area (Å²) in [5, 5.41) is 7.08. The second-order valence-electron chi connectivity index (χ2n) is 6.11. The molecule has 3 unspecified atom stereocenters. The van der Waals surface area contributed by atoms with Crippen LogP contribution in [0, 0.1) is 0 Å². The first-order valence-corrected chi connectivity index (χ1v) is 9.47. The first-order chi connectivity index (χ1) is 12.5. The molecule has 0 aromatic carbocycles. The van der Waals surface area contributed by atoms with E-state index in [2.05, 4.69) is 25.4 Å². The fourth-order valence-electron chi connectivity index (χ4n) is 3.04. The number of fused-ring (bicyclic) bond motifs is 1. The molecule has 1 aliphatic heterocycles. The van der Waals surface area contributed by atoms with Crippen LogP contribution in [0.5, 0.6) is 0 Å². The minimum atomic E-state index is -2.77. The Labute approximate surface area is 151 Å². The van der Waals surface area contributed by atoms with Gasteiger partial charge in [-0.1, -0.05) is 0 Å². The molecule has 7 nitrogen and oxygen atoms in total. The summed E-state index contributed by atoms with van der Waals surface area (Å²) in [5.41, 5.74) is 0.896. The van der Waals surface area contributed by atoms with Crippen LogP contribution in [-0.4, -0.2) is 47.5 Å². The Morgan fingerprint density at radius 1 is 1.38 bits per heavy atom. The molecular weight excluding hydrogens is 362 g/mol. The van der Waals surface area contributed by atoms with Crippen LogP contribution in [0.15, 0.2) is 30.7 Å². The van der Waals surface area contributed by atoms with Crippen LogP contribution in [-0.2, 0) is 11.2 Å². The summed E-state index contributed by atoms with van der Waals surface area (Å²) >= 11 is -1.09. The molecule has 0 bridgehead atoms. The number of alkyl halides is 2. The predicted molar refractivity (Wildman–Crippen MR) is 92.2 cm³/mol. The van der Waals surface area contributed by atoms with Crippen LogP contribution in [0.25, 0.3) is 17.0 Å². The van der Waals surface area contributed by atoms with Gasteiger partial charge >= 0.3 is 0 Å².